The van der Waals surface area contributed by atoms with Gasteiger partial charge < -0.3 is 14.2 Å². The van der Waals surface area contributed by atoms with E-state index in [9.17, 15) is 9.59 Å². The van der Waals surface area contributed by atoms with Crippen LogP contribution in [0.25, 0.3) is 0 Å². The Hall–Kier alpha value is -3.22. The number of amides is 2. The normalized spacial score (nSPS) is 13.8. The van der Waals surface area contributed by atoms with E-state index in [1.165, 1.54) is 5.56 Å². The third-order valence-corrected chi connectivity index (χ3v) is 4.46. The quantitative estimate of drug-likeness (QED) is 0.700. The molecule has 0 aliphatic carbocycles. The summed E-state index contributed by atoms with van der Waals surface area (Å²) in [5, 5.41) is 0. The molecule has 0 bridgehead atoms. The molecule has 0 saturated heterocycles. The Balaban J connectivity index is 1.40. The molecule has 0 fully saturated rings. The lowest BCUT2D eigenvalue weighted by Gasteiger charge is -2.18. The minimum atomic E-state index is -0.486. The molecular formula is C22H26N2O5. The van der Waals surface area contributed by atoms with Gasteiger partial charge in [-0.15, -0.1) is 0 Å². The maximum absolute atomic E-state index is 12.0. The molecule has 3 rings (SSSR count). The van der Waals surface area contributed by atoms with Crippen molar-refractivity contribution in [2.45, 2.75) is 39.2 Å². The van der Waals surface area contributed by atoms with Crippen molar-refractivity contribution in [2.24, 2.45) is 0 Å². The van der Waals surface area contributed by atoms with E-state index in [4.69, 9.17) is 14.2 Å². The third kappa shape index (κ3) is 5.63. The molecule has 1 heterocycles. The van der Waals surface area contributed by atoms with Gasteiger partial charge in [0.2, 0.25) is 0 Å². The van der Waals surface area contributed by atoms with Crippen LogP contribution in [0.1, 0.15) is 31.9 Å². The molecule has 2 aromatic rings. The molecule has 0 atom stereocenters. The van der Waals surface area contributed by atoms with Crippen molar-refractivity contribution in [3.05, 3.63) is 53.6 Å². The van der Waals surface area contributed by atoms with Gasteiger partial charge in [0.15, 0.2) is 24.7 Å². The number of benzene rings is 2. The zero-order valence-electron chi connectivity index (χ0n) is 16.9. The Labute approximate surface area is 170 Å². The summed E-state index contributed by atoms with van der Waals surface area (Å²) in [6, 6.07) is 13.1. The van der Waals surface area contributed by atoms with Crippen LogP contribution in [0.2, 0.25) is 0 Å². The Morgan fingerprint density at radius 3 is 2.31 bits per heavy atom. The lowest BCUT2D eigenvalue weighted by atomic mass is 10.0. The van der Waals surface area contributed by atoms with Crippen LogP contribution in [0.3, 0.4) is 0 Å². The van der Waals surface area contributed by atoms with Crippen LogP contribution in [-0.4, -0.2) is 30.6 Å². The Bertz CT molecular complexity index is 877. The van der Waals surface area contributed by atoms with Crippen LogP contribution in [0.5, 0.6) is 17.2 Å². The van der Waals surface area contributed by atoms with E-state index in [2.05, 4.69) is 17.8 Å². The SMILES string of the molecule is CCc1ccc(OCC(=O)NNC(=O)COc2cccc3c2OC(C)(C)C3)cc1. The Morgan fingerprint density at radius 2 is 1.66 bits per heavy atom. The van der Waals surface area contributed by atoms with E-state index < -0.39 is 11.8 Å². The summed E-state index contributed by atoms with van der Waals surface area (Å²) in [6.07, 6.45) is 1.72. The first kappa shape index (κ1) is 20.5. The molecule has 0 radical (unpaired) electrons. The van der Waals surface area contributed by atoms with E-state index in [0.29, 0.717) is 17.2 Å². The summed E-state index contributed by atoms with van der Waals surface area (Å²) in [5.74, 6) is 0.808. The minimum Gasteiger partial charge on any atom is -0.484 e. The summed E-state index contributed by atoms with van der Waals surface area (Å²) in [4.78, 5) is 23.8. The van der Waals surface area contributed by atoms with Gasteiger partial charge in [0.1, 0.15) is 11.4 Å². The van der Waals surface area contributed by atoms with Gasteiger partial charge >= 0.3 is 0 Å². The van der Waals surface area contributed by atoms with Crippen LogP contribution in [-0.2, 0) is 22.4 Å². The van der Waals surface area contributed by atoms with Crippen LogP contribution in [0, 0.1) is 0 Å². The molecule has 7 heteroatoms. The summed E-state index contributed by atoms with van der Waals surface area (Å²) in [7, 11) is 0. The molecule has 0 aromatic heterocycles. The number of hydrazine groups is 1. The molecule has 7 nitrogen and oxygen atoms in total. The highest BCUT2D eigenvalue weighted by atomic mass is 16.5. The number of carbonyl (C=O) groups excluding carboxylic acids is 2. The van der Waals surface area contributed by atoms with Gasteiger partial charge in [-0.05, 0) is 44.0 Å². The highest BCUT2D eigenvalue weighted by molar-refractivity contribution is 5.83. The van der Waals surface area contributed by atoms with E-state index >= 15 is 0 Å². The van der Waals surface area contributed by atoms with Gasteiger partial charge in [0.25, 0.3) is 11.8 Å². The molecule has 1 aliphatic heterocycles. The highest BCUT2D eigenvalue weighted by Crippen LogP contribution is 2.41. The molecule has 154 valence electrons. The number of hydrogen-bond acceptors (Lipinski definition) is 5. The van der Waals surface area contributed by atoms with Crippen molar-refractivity contribution in [3.8, 4) is 17.2 Å². The van der Waals surface area contributed by atoms with E-state index in [1.807, 2.05) is 38.1 Å². The average molecular weight is 398 g/mol. The lowest BCUT2D eigenvalue weighted by molar-refractivity contribution is -0.131. The number of ether oxygens (including phenoxy) is 3. The maximum Gasteiger partial charge on any atom is 0.276 e. The van der Waals surface area contributed by atoms with Crippen molar-refractivity contribution in [3.63, 3.8) is 0 Å². The van der Waals surface area contributed by atoms with Gasteiger partial charge in [-0.25, -0.2) is 0 Å². The van der Waals surface area contributed by atoms with E-state index in [1.54, 1.807) is 18.2 Å². The topological polar surface area (TPSA) is 85.9 Å². The largest absolute Gasteiger partial charge is 0.484 e. The monoisotopic (exact) mass is 398 g/mol. The van der Waals surface area contributed by atoms with E-state index in [0.717, 1.165) is 18.4 Å². The molecule has 29 heavy (non-hydrogen) atoms. The zero-order valence-corrected chi connectivity index (χ0v) is 16.9. The van der Waals surface area contributed by atoms with Gasteiger partial charge in [-0.1, -0.05) is 31.2 Å². The highest BCUT2D eigenvalue weighted by Gasteiger charge is 2.32. The molecule has 0 saturated carbocycles. The number of nitrogens with one attached hydrogen (secondary N) is 2. The van der Waals surface area contributed by atoms with Crippen molar-refractivity contribution in [2.75, 3.05) is 13.2 Å². The maximum atomic E-state index is 12.0. The molecule has 2 N–H and O–H groups in total. The fourth-order valence-corrected chi connectivity index (χ4v) is 3.03. The first-order valence-corrected chi connectivity index (χ1v) is 9.59. The second kappa shape index (κ2) is 8.86. The van der Waals surface area contributed by atoms with Crippen LogP contribution in [0.4, 0.5) is 0 Å². The Kier molecular flexibility index (Phi) is 6.26. The lowest BCUT2D eigenvalue weighted by Crippen LogP contribution is -2.45. The van der Waals surface area contributed by atoms with Crippen LogP contribution >= 0.6 is 0 Å². The number of aryl methyl sites for hydroxylation is 1. The van der Waals surface area contributed by atoms with Crippen molar-refractivity contribution < 1.29 is 23.8 Å². The molecule has 0 unspecified atom stereocenters. The van der Waals surface area contributed by atoms with Crippen LogP contribution < -0.4 is 25.1 Å². The summed E-state index contributed by atoms with van der Waals surface area (Å²) >= 11 is 0. The van der Waals surface area contributed by atoms with Gasteiger partial charge in [-0.2, -0.15) is 0 Å². The summed E-state index contributed by atoms with van der Waals surface area (Å²) in [6.45, 7) is 5.61. The number of carbonyl (C=O) groups is 2. The predicted molar refractivity (Wildman–Crippen MR) is 108 cm³/mol. The molecular weight excluding hydrogens is 372 g/mol. The van der Waals surface area contributed by atoms with Gasteiger partial charge in [-0.3, -0.25) is 20.4 Å². The zero-order chi connectivity index (χ0) is 20.9. The van der Waals surface area contributed by atoms with Gasteiger partial charge in [0.05, 0.1) is 0 Å². The standard InChI is InChI=1S/C22H26N2O5/c1-4-15-8-10-17(11-9-15)27-13-19(25)23-24-20(26)14-28-18-7-5-6-16-12-22(2,3)29-21(16)18/h5-11H,4,12-14H2,1-3H3,(H,23,25)(H,24,26). The third-order valence-electron chi connectivity index (χ3n) is 4.46. The molecule has 2 aromatic carbocycles. The molecule has 2 amide bonds. The average Bonchev–Trinajstić information content (AvgIpc) is 3.03. The molecule has 0 spiro atoms. The Morgan fingerprint density at radius 1 is 1.00 bits per heavy atom. The first-order valence-electron chi connectivity index (χ1n) is 9.59. The summed E-state index contributed by atoms with van der Waals surface area (Å²) in [5.41, 5.74) is 6.55. The number of rotatable bonds is 7. The number of fused-ring (bicyclic) bond motifs is 1. The predicted octanol–water partition coefficient (Wildman–Crippen LogP) is 2.57. The minimum absolute atomic E-state index is 0.207. The number of para-hydroxylation sites is 1. The fraction of sp³-hybridized carbons (Fsp3) is 0.364. The smallest absolute Gasteiger partial charge is 0.276 e. The summed E-state index contributed by atoms with van der Waals surface area (Å²) < 4.78 is 16.9. The van der Waals surface area contributed by atoms with Crippen molar-refractivity contribution in [1.29, 1.82) is 0 Å². The molecule has 1 aliphatic rings. The second-order valence-electron chi connectivity index (χ2n) is 7.45. The van der Waals surface area contributed by atoms with Crippen molar-refractivity contribution in [1.82, 2.24) is 10.9 Å². The fourth-order valence-electron chi connectivity index (χ4n) is 3.03. The van der Waals surface area contributed by atoms with Gasteiger partial charge in [0, 0.05) is 12.0 Å². The number of hydrogen-bond donors (Lipinski definition) is 2. The van der Waals surface area contributed by atoms with Crippen molar-refractivity contribution >= 4 is 11.8 Å². The van der Waals surface area contributed by atoms with E-state index in [-0.39, 0.29) is 18.8 Å². The van der Waals surface area contributed by atoms with Crippen LogP contribution in [0.15, 0.2) is 42.5 Å². The first-order chi connectivity index (χ1) is 13.9. The second-order valence-corrected chi connectivity index (χ2v) is 7.45.